The minimum atomic E-state index is -0.102. The van der Waals surface area contributed by atoms with Gasteiger partial charge in [0.05, 0.1) is 13.0 Å². The minimum Gasteiger partial charge on any atom is -0.466 e. The molecule has 0 aromatic carbocycles. The van der Waals surface area contributed by atoms with Crippen molar-refractivity contribution in [3.8, 4) is 0 Å². The molecule has 1 atom stereocenters. The summed E-state index contributed by atoms with van der Waals surface area (Å²) >= 11 is 0. The Bertz CT molecular complexity index is 202. The van der Waals surface area contributed by atoms with Gasteiger partial charge in [-0.2, -0.15) is 0 Å². The fourth-order valence-corrected chi connectivity index (χ4v) is 1.82. The molecule has 15 heavy (non-hydrogen) atoms. The summed E-state index contributed by atoms with van der Waals surface area (Å²) in [6.45, 7) is 8.76. The van der Waals surface area contributed by atoms with Crippen LogP contribution in [0.1, 0.15) is 40.5 Å². The molecule has 0 fully saturated rings. The van der Waals surface area contributed by atoms with Crippen molar-refractivity contribution in [1.29, 1.82) is 0 Å². The van der Waals surface area contributed by atoms with Gasteiger partial charge in [-0.3, -0.25) is 4.79 Å². The van der Waals surface area contributed by atoms with Crippen LogP contribution in [0.5, 0.6) is 0 Å². The van der Waals surface area contributed by atoms with E-state index in [0.29, 0.717) is 18.9 Å². The molecule has 1 unspecified atom stereocenters. The first-order valence-electron chi connectivity index (χ1n) is 5.65. The Morgan fingerprint density at radius 1 is 1.40 bits per heavy atom. The molecule has 0 aromatic heterocycles. The van der Waals surface area contributed by atoms with Crippen LogP contribution in [0, 0.1) is 5.92 Å². The summed E-state index contributed by atoms with van der Waals surface area (Å²) in [5, 5.41) is 0. The van der Waals surface area contributed by atoms with Gasteiger partial charge >= 0.3 is 5.97 Å². The Morgan fingerprint density at radius 3 is 2.27 bits per heavy atom. The van der Waals surface area contributed by atoms with Crippen molar-refractivity contribution < 1.29 is 9.53 Å². The van der Waals surface area contributed by atoms with Crippen LogP contribution < -0.4 is 0 Å². The zero-order valence-electron chi connectivity index (χ0n) is 11.0. The summed E-state index contributed by atoms with van der Waals surface area (Å²) in [5.41, 5.74) is -0.0968. The van der Waals surface area contributed by atoms with E-state index in [2.05, 4.69) is 25.7 Å². The Morgan fingerprint density at radius 2 is 1.93 bits per heavy atom. The highest BCUT2D eigenvalue weighted by molar-refractivity contribution is 5.70. The van der Waals surface area contributed by atoms with E-state index in [1.807, 2.05) is 21.0 Å². The lowest BCUT2D eigenvalue weighted by molar-refractivity contribution is -0.146. The van der Waals surface area contributed by atoms with Gasteiger partial charge in [0, 0.05) is 5.54 Å². The van der Waals surface area contributed by atoms with Crippen molar-refractivity contribution in [2.45, 2.75) is 46.1 Å². The van der Waals surface area contributed by atoms with Crippen molar-refractivity contribution in [1.82, 2.24) is 4.90 Å². The van der Waals surface area contributed by atoms with E-state index in [-0.39, 0.29) is 11.5 Å². The lowest BCUT2D eigenvalue weighted by atomic mass is 9.86. The van der Waals surface area contributed by atoms with E-state index >= 15 is 0 Å². The Balaban J connectivity index is 4.44. The number of carbonyl (C=O) groups excluding carboxylic acids is 1. The lowest BCUT2D eigenvalue weighted by Crippen LogP contribution is -2.44. The summed E-state index contributed by atoms with van der Waals surface area (Å²) < 4.78 is 5.00. The molecule has 0 aliphatic carbocycles. The SMILES string of the molecule is CCOC(=O)CC(C)(CC(C)C)N(C)C. The molecular weight excluding hydrogens is 190 g/mol. The molecule has 0 bridgehead atoms. The number of esters is 1. The summed E-state index contributed by atoms with van der Waals surface area (Å²) in [5.74, 6) is 0.473. The molecule has 3 nitrogen and oxygen atoms in total. The van der Waals surface area contributed by atoms with E-state index in [0.717, 1.165) is 6.42 Å². The fraction of sp³-hybridized carbons (Fsp3) is 0.917. The van der Waals surface area contributed by atoms with Gasteiger partial charge in [0.25, 0.3) is 0 Å². The summed E-state index contributed by atoms with van der Waals surface area (Å²) in [4.78, 5) is 13.6. The second kappa shape index (κ2) is 6.11. The molecule has 0 spiro atoms. The van der Waals surface area contributed by atoms with Gasteiger partial charge in [0.1, 0.15) is 0 Å². The van der Waals surface area contributed by atoms with Gasteiger partial charge in [-0.15, -0.1) is 0 Å². The molecule has 0 heterocycles. The summed E-state index contributed by atoms with van der Waals surface area (Å²) in [6.07, 6.45) is 1.46. The molecule has 0 saturated heterocycles. The molecule has 0 aromatic rings. The Labute approximate surface area is 93.8 Å². The standard InChI is InChI=1S/C12H25NO2/c1-7-15-11(14)9-12(4,13(5)6)8-10(2)3/h10H,7-9H2,1-6H3. The van der Waals surface area contributed by atoms with Crippen LogP contribution in [0.3, 0.4) is 0 Å². The number of ether oxygens (including phenoxy) is 1. The van der Waals surface area contributed by atoms with Crippen molar-refractivity contribution in [2.24, 2.45) is 5.92 Å². The molecule has 0 aliphatic heterocycles. The third-order valence-corrected chi connectivity index (χ3v) is 2.76. The first kappa shape index (κ1) is 14.4. The maximum absolute atomic E-state index is 11.5. The number of hydrogen-bond donors (Lipinski definition) is 0. The molecule has 3 heteroatoms. The highest BCUT2D eigenvalue weighted by Crippen LogP contribution is 2.25. The smallest absolute Gasteiger partial charge is 0.307 e. The average molecular weight is 215 g/mol. The molecule has 90 valence electrons. The van der Waals surface area contributed by atoms with Crippen molar-refractivity contribution in [3.63, 3.8) is 0 Å². The monoisotopic (exact) mass is 215 g/mol. The number of carbonyl (C=O) groups is 1. The molecule has 0 N–H and O–H groups in total. The van der Waals surface area contributed by atoms with Crippen LogP contribution in [0.15, 0.2) is 0 Å². The normalized spacial score (nSPS) is 15.5. The Hall–Kier alpha value is -0.570. The van der Waals surface area contributed by atoms with Gasteiger partial charge in [-0.25, -0.2) is 0 Å². The summed E-state index contributed by atoms with van der Waals surface area (Å²) in [6, 6.07) is 0. The van der Waals surface area contributed by atoms with Crippen LogP contribution >= 0.6 is 0 Å². The molecule has 0 saturated carbocycles. The zero-order chi connectivity index (χ0) is 12.1. The second-order valence-corrected chi connectivity index (χ2v) is 4.97. The Kier molecular flexibility index (Phi) is 5.88. The van der Waals surface area contributed by atoms with E-state index in [1.54, 1.807) is 0 Å². The van der Waals surface area contributed by atoms with Crippen molar-refractivity contribution >= 4 is 5.97 Å². The van der Waals surface area contributed by atoms with Gasteiger partial charge < -0.3 is 9.64 Å². The lowest BCUT2D eigenvalue weighted by Gasteiger charge is -2.37. The third kappa shape index (κ3) is 5.17. The average Bonchev–Trinajstić information content (AvgIpc) is 2.01. The van der Waals surface area contributed by atoms with Crippen LogP contribution in [0.4, 0.5) is 0 Å². The maximum Gasteiger partial charge on any atom is 0.307 e. The first-order valence-corrected chi connectivity index (χ1v) is 5.65. The van der Waals surface area contributed by atoms with Crippen LogP contribution in [0.25, 0.3) is 0 Å². The van der Waals surface area contributed by atoms with Crippen molar-refractivity contribution in [3.05, 3.63) is 0 Å². The largest absolute Gasteiger partial charge is 0.466 e. The van der Waals surface area contributed by atoms with Crippen LogP contribution in [-0.4, -0.2) is 37.1 Å². The van der Waals surface area contributed by atoms with Crippen LogP contribution in [0.2, 0.25) is 0 Å². The quantitative estimate of drug-likeness (QED) is 0.637. The number of hydrogen-bond acceptors (Lipinski definition) is 3. The highest BCUT2D eigenvalue weighted by atomic mass is 16.5. The van der Waals surface area contributed by atoms with E-state index < -0.39 is 0 Å². The van der Waals surface area contributed by atoms with E-state index in [4.69, 9.17) is 4.74 Å². The number of rotatable bonds is 6. The molecule has 0 aliphatic rings. The van der Waals surface area contributed by atoms with Gasteiger partial charge in [-0.05, 0) is 40.3 Å². The second-order valence-electron chi connectivity index (χ2n) is 4.97. The first-order chi connectivity index (χ1) is 6.81. The third-order valence-electron chi connectivity index (χ3n) is 2.76. The zero-order valence-corrected chi connectivity index (χ0v) is 11.0. The van der Waals surface area contributed by atoms with Gasteiger partial charge in [0.15, 0.2) is 0 Å². The fourth-order valence-electron chi connectivity index (χ4n) is 1.82. The molecular formula is C12H25NO2. The van der Waals surface area contributed by atoms with Crippen LogP contribution in [-0.2, 0) is 9.53 Å². The summed E-state index contributed by atoms with van der Waals surface area (Å²) in [7, 11) is 4.03. The highest BCUT2D eigenvalue weighted by Gasteiger charge is 2.31. The predicted octanol–water partition coefficient (Wildman–Crippen LogP) is 2.31. The van der Waals surface area contributed by atoms with E-state index in [9.17, 15) is 4.79 Å². The molecule has 0 rings (SSSR count). The van der Waals surface area contributed by atoms with Gasteiger partial charge in [-0.1, -0.05) is 13.8 Å². The predicted molar refractivity (Wildman–Crippen MR) is 62.8 cm³/mol. The van der Waals surface area contributed by atoms with Crippen molar-refractivity contribution in [2.75, 3.05) is 20.7 Å². The molecule has 0 amide bonds. The minimum absolute atomic E-state index is 0.0968. The van der Waals surface area contributed by atoms with E-state index in [1.165, 1.54) is 0 Å². The number of nitrogens with zero attached hydrogens (tertiary/aromatic N) is 1. The van der Waals surface area contributed by atoms with Gasteiger partial charge in [0.2, 0.25) is 0 Å². The maximum atomic E-state index is 11.5. The molecule has 0 radical (unpaired) electrons. The topological polar surface area (TPSA) is 29.5 Å².